The van der Waals surface area contributed by atoms with Crippen LogP contribution in [0.15, 0.2) is 18.5 Å². The number of esters is 1. The van der Waals surface area contributed by atoms with Crippen LogP contribution in [0.5, 0.6) is 0 Å². The fraction of sp³-hybridized carbons (Fsp3) is 0.333. The molecule has 4 nitrogen and oxygen atoms in total. The molecule has 14 heavy (non-hydrogen) atoms. The van der Waals surface area contributed by atoms with Gasteiger partial charge < -0.3 is 10.5 Å². The van der Waals surface area contributed by atoms with Crippen molar-refractivity contribution in [1.29, 1.82) is 0 Å². The standard InChI is InChI=1S/C9H11FN2O2/c1-14-9(13)7(4-11)6-2-3-12-5-8(6)10/h2-3,5,7H,4,11H2,1H3. The molecule has 0 aliphatic carbocycles. The Morgan fingerprint density at radius 1 is 1.79 bits per heavy atom. The summed E-state index contributed by atoms with van der Waals surface area (Å²) >= 11 is 0. The van der Waals surface area contributed by atoms with Gasteiger partial charge in [0.1, 0.15) is 5.82 Å². The summed E-state index contributed by atoms with van der Waals surface area (Å²) in [5.41, 5.74) is 5.58. The normalized spacial score (nSPS) is 12.2. The van der Waals surface area contributed by atoms with Crippen molar-refractivity contribution in [2.75, 3.05) is 13.7 Å². The second-order valence-electron chi connectivity index (χ2n) is 2.71. The average molecular weight is 198 g/mol. The highest BCUT2D eigenvalue weighted by Gasteiger charge is 2.22. The molecule has 0 aromatic carbocycles. The van der Waals surface area contributed by atoms with Crippen LogP contribution < -0.4 is 5.73 Å². The molecule has 1 aromatic heterocycles. The third-order valence-corrected chi connectivity index (χ3v) is 1.90. The molecular formula is C9H11FN2O2. The molecular weight excluding hydrogens is 187 g/mol. The van der Waals surface area contributed by atoms with Gasteiger partial charge in [0.2, 0.25) is 0 Å². The second kappa shape index (κ2) is 4.66. The first-order chi connectivity index (χ1) is 6.70. The maximum absolute atomic E-state index is 13.2. The van der Waals surface area contributed by atoms with Gasteiger partial charge in [-0.15, -0.1) is 0 Å². The summed E-state index contributed by atoms with van der Waals surface area (Å²) in [5, 5.41) is 0. The largest absolute Gasteiger partial charge is 0.469 e. The van der Waals surface area contributed by atoms with Crippen LogP contribution >= 0.6 is 0 Å². The van der Waals surface area contributed by atoms with E-state index in [1.807, 2.05) is 0 Å². The molecule has 0 saturated heterocycles. The van der Waals surface area contributed by atoms with E-state index in [2.05, 4.69) is 9.72 Å². The van der Waals surface area contributed by atoms with Crippen molar-refractivity contribution >= 4 is 5.97 Å². The van der Waals surface area contributed by atoms with Crippen LogP contribution in [-0.4, -0.2) is 24.6 Å². The maximum atomic E-state index is 13.2. The number of rotatable bonds is 3. The van der Waals surface area contributed by atoms with Crippen molar-refractivity contribution in [3.63, 3.8) is 0 Å². The molecule has 0 radical (unpaired) electrons. The van der Waals surface area contributed by atoms with Gasteiger partial charge in [-0.05, 0) is 6.07 Å². The highest BCUT2D eigenvalue weighted by molar-refractivity contribution is 5.78. The minimum Gasteiger partial charge on any atom is -0.469 e. The third-order valence-electron chi connectivity index (χ3n) is 1.90. The van der Waals surface area contributed by atoms with Gasteiger partial charge >= 0.3 is 5.97 Å². The SMILES string of the molecule is COC(=O)C(CN)c1ccncc1F. The van der Waals surface area contributed by atoms with E-state index in [1.54, 1.807) is 0 Å². The Morgan fingerprint density at radius 2 is 2.50 bits per heavy atom. The Bertz CT molecular complexity index is 330. The van der Waals surface area contributed by atoms with Crippen LogP contribution in [0, 0.1) is 5.82 Å². The highest BCUT2D eigenvalue weighted by Crippen LogP contribution is 2.18. The molecule has 0 fully saturated rings. The Morgan fingerprint density at radius 3 is 3.00 bits per heavy atom. The molecule has 0 aliphatic rings. The van der Waals surface area contributed by atoms with E-state index in [0.29, 0.717) is 0 Å². The zero-order valence-electron chi connectivity index (χ0n) is 7.74. The summed E-state index contributed by atoms with van der Waals surface area (Å²) < 4.78 is 17.7. The molecule has 0 bridgehead atoms. The third kappa shape index (κ3) is 2.05. The molecule has 2 N–H and O–H groups in total. The molecule has 1 atom stereocenters. The summed E-state index contributed by atoms with van der Waals surface area (Å²) in [7, 11) is 1.24. The number of pyridine rings is 1. The fourth-order valence-electron chi connectivity index (χ4n) is 1.16. The van der Waals surface area contributed by atoms with E-state index < -0.39 is 17.7 Å². The number of nitrogens with zero attached hydrogens (tertiary/aromatic N) is 1. The molecule has 1 rings (SSSR count). The maximum Gasteiger partial charge on any atom is 0.314 e. The topological polar surface area (TPSA) is 65.2 Å². The molecule has 1 heterocycles. The number of ether oxygens (including phenoxy) is 1. The minimum atomic E-state index is -0.761. The number of aromatic nitrogens is 1. The fourth-order valence-corrected chi connectivity index (χ4v) is 1.16. The van der Waals surface area contributed by atoms with Gasteiger partial charge in [-0.1, -0.05) is 0 Å². The van der Waals surface area contributed by atoms with E-state index in [9.17, 15) is 9.18 Å². The predicted molar refractivity (Wildman–Crippen MR) is 48.0 cm³/mol. The molecule has 0 aliphatic heterocycles. The van der Waals surface area contributed by atoms with Crippen LogP contribution in [0.2, 0.25) is 0 Å². The summed E-state index contributed by atoms with van der Waals surface area (Å²) in [6.45, 7) is 0.00755. The van der Waals surface area contributed by atoms with E-state index in [1.165, 1.54) is 19.4 Å². The molecule has 1 unspecified atom stereocenters. The van der Waals surface area contributed by atoms with Crippen molar-refractivity contribution in [1.82, 2.24) is 4.98 Å². The van der Waals surface area contributed by atoms with Crippen molar-refractivity contribution in [3.05, 3.63) is 29.8 Å². The highest BCUT2D eigenvalue weighted by atomic mass is 19.1. The quantitative estimate of drug-likeness (QED) is 0.715. The Hall–Kier alpha value is -1.49. The molecule has 0 saturated carbocycles. The van der Waals surface area contributed by atoms with Gasteiger partial charge in [-0.25, -0.2) is 4.39 Å². The predicted octanol–water partition coefficient (Wildman–Crippen LogP) is 0.436. The molecule has 1 aromatic rings. The molecule has 5 heteroatoms. The van der Waals surface area contributed by atoms with Crippen molar-refractivity contribution in [2.45, 2.75) is 5.92 Å². The molecule has 76 valence electrons. The summed E-state index contributed by atoms with van der Waals surface area (Å²) in [6, 6.07) is 1.42. The average Bonchev–Trinajstić information content (AvgIpc) is 2.21. The van der Waals surface area contributed by atoms with Crippen LogP contribution in [0.1, 0.15) is 11.5 Å². The number of hydrogen-bond donors (Lipinski definition) is 1. The first-order valence-electron chi connectivity index (χ1n) is 4.08. The minimum absolute atomic E-state index is 0.00755. The number of halogens is 1. The lowest BCUT2D eigenvalue weighted by Crippen LogP contribution is -2.23. The lowest BCUT2D eigenvalue weighted by atomic mass is 10.0. The zero-order valence-corrected chi connectivity index (χ0v) is 7.74. The summed E-state index contributed by atoms with van der Waals surface area (Å²) in [5.74, 6) is -1.85. The molecule has 0 spiro atoms. The smallest absolute Gasteiger partial charge is 0.314 e. The Balaban J connectivity index is 3.01. The number of hydrogen-bond acceptors (Lipinski definition) is 4. The van der Waals surface area contributed by atoms with Crippen molar-refractivity contribution in [3.8, 4) is 0 Å². The van der Waals surface area contributed by atoms with Crippen molar-refractivity contribution in [2.24, 2.45) is 5.73 Å². The van der Waals surface area contributed by atoms with E-state index in [-0.39, 0.29) is 12.1 Å². The number of carbonyl (C=O) groups excluding carboxylic acids is 1. The second-order valence-corrected chi connectivity index (χ2v) is 2.71. The zero-order chi connectivity index (χ0) is 10.6. The van der Waals surface area contributed by atoms with Crippen LogP contribution in [0.25, 0.3) is 0 Å². The van der Waals surface area contributed by atoms with Crippen LogP contribution in [-0.2, 0) is 9.53 Å². The van der Waals surface area contributed by atoms with E-state index in [4.69, 9.17) is 5.73 Å². The Labute approximate surface area is 80.9 Å². The molecule has 0 amide bonds. The number of nitrogens with two attached hydrogens (primary N) is 1. The van der Waals surface area contributed by atoms with Gasteiger partial charge in [0, 0.05) is 18.3 Å². The number of methoxy groups -OCH3 is 1. The van der Waals surface area contributed by atoms with Gasteiger partial charge in [-0.2, -0.15) is 0 Å². The first kappa shape index (κ1) is 10.6. The monoisotopic (exact) mass is 198 g/mol. The Kier molecular flexibility index (Phi) is 3.53. The van der Waals surface area contributed by atoms with Gasteiger partial charge in [-0.3, -0.25) is 9.78 Å². The summed E-state index contributed by atoms with van der Waals surface area (Å²) in [4.78, 5) is 14.8. The van der Waals surface area contributed by atoms with Gasteiger partial charge in [0.25, 0.3) is 0 Å². The van der Waals surface area contributed by atoms with E-state index >= 15 is 0 Å². The van der Waals surface area contributed by atoms with Crippen molar-refractivity contribution < 1.29 is 13.9 Å². The van der Waals surface area contributed by atoms with Crippen LogP contribution in [0.4, 0.5) is 4.39 Å². The lowest BCUT2D eigenvalue weighted by molar-refractivity contribution is -0.142. The van der Waals surface area contributed by atoms with Gasteiger partial charge in [0.15, 0.2) is 0 Å². The first-order valence-corrected chi connectivity index (χ1v) is 4.08. The number of carbonyl (C=O) groups is 1. The van der Waals surface area contributed by atoms with Crippen LogP contribution in [0.3, 0.4) is 0 Å². The van der Waals surface area contributed by atoms with Gasteiger partial charge in [0.05, 0.1) is 19.2 Å². The van der Waals surface area contributed by atoms with E-state index in [0.717, 1.165) is 6.20 Å². The summed E-state index contributed by atoms with van der Waals surface area (Å²) in [6.07, 6.45) is 2.45. The lowest BCUT2D eigenvalue weighted by Gasteiger charge is -2.12.